The van der Waals surface area contributed by atoms with E-state index in [1.807, 2.05) is 0 Å². The summed E-state index contributed by atoms with van der Waals surface area (Å²) in [5.74, 6) is 0. The first-order valence-electron chi connectivity index (χ1n) is 3.25. The van der Waals surface area contributed by atoms with Crippen LogP contribution in [0.3, 0.4) is 0 Å². The van der Waals surface area contributed by atoms with Crippen molar-refractivity contribution in [3.8, 4) is 0 Å². The van der Waals surface area contributed by atoms with E-state index in [0.717, 1.165) is 13.1 Å². The Balaban J connectivity index is 3.35. The fourth-order valence-corrected chi connectivity index (χ4v) is 0.781. The molecule has 8 heavy (non-hydrogen) atoms. The van der Waals surface area contributed by atoms with Gasteiger partial charge in [-0.25, -0.2) is 0 Å². The van der Waals surface area contributed by atoms with Gasteiger partial charge >= 0.3 is 0 Å². The van der Waals surface area contributed by atoms with Crippen LogP contribution in [0.25, 0.3) is 0 Å². The predicted molar refractivity (Wildman–Crippen MR) is 37.7 cm³/mol. The number of nitrogens with zero attached hydrogens (tertiary/aromatic N) is 1. The summed E-state index contributed by atoms with van der Waals surface area (Å²) in [4.78, 5) is 2.31. The van der Waals surface area contributed by atoms with Gasteiger partial charge in [0.05, 0.1) is 0 Å². The lowest BCUT2D eigenvalue weighted by Crippen LogP contribution is -2.30. The highest BCUT2D eigenvalue weighted by atomic mass is 15.1. The highest BCUT2D eigenvalue weighted by Crippen LogP contribution is 1.93. The zero-order chi connectivity index (χ0) is 6.57. The standard InChI is InChI=1S/C7H16N/c1-5-8(6-2)7(3)4/h7H,1,5-6H2,2-4H3. The van der Waals surface area contributed by atoms with Crippen molar-refractivity contribution in [1.29, 1.82) is 0 Å². The Hall–Kier alpha value is -0.0400. The van der Waals surface area contributed by atoms with E-state index in [2.05, 4.69) is 32.6 Å². The topological polar surface area (TPSA) is 3.24 Å². The normalized spacial score (nSPS) is 11.2. The monoisotopic (exact) mass is 114 g/mol. The third-order valence-electron chi connectivity index (χ3n) is 1.42. The molecule has 0 aliphatic heterocycles. The summed E-state index contributed by atoms with van der Waals surface area (Å²) in [6, 6.07) is 0.650. The van der Waals surface area contributed by atoms with E-state index in [4.69, 9.17) is 0 Å². The van der Waals surface area contributed by atoms with Crippen LogP contribution in [-0.4, -0.2) is 24.0 Å². The number of hydrogen-bond acceptors (Lipinski definition) is 1. The molecule has 0 fully saturated rings. The quantitative estimate of drug-likeness (QED) is 0.538. The van der Waals surface area contributed by atoms with Crippen LogP contribution in [0.15, 0.2) is 0 Å². The zero-order valence-electron chi connectivity index (χ0n) is 6.15. The Bertz CT molecular complexity index is 46.3. The molecule has 0 unspecified atom stereocenters. The van der Waals surface area contributed by atoms with E-state index in [1.54, 1.807) is 0 Å². The molecule has 0 bridgehead atoms. The van der Waals surface area contributed by atoms with Crippen molar-refractivity contribution in [3.05, 3.63) is 6.92 Å². The smallest absolute Gasteiger partial charge is 0.00384 e. The molecule has 0 saturated heterocycles. The van der Waals surface area contributed by atoms with Gasteiger partial charge in [-0.1, -0.05) is 6.92 Å². The molecular formula is C7H16N. The van der Waals surface area contributed by atoms with E-state index in [9.17, 15) is 0 Å². The maximum absolute atomic E-state index is 3.80. The SMILES string of the molecule is [CH2]CN(CC)C(C)C. The summed E-state index contributed by atoms with van der Waals surface area (Å²) in [5.41, 5.74) is 0. The van der Waals surface area contributed by atoms with Crippen molar-refractivity contribution >= 4 is 0 Å². The van der Waals surface area contributed by atoms with Crippen molar-refractivity contribution in [2.24, 2.45) is 0 Å². The maximum Gasteiger partial charge on any atom is 0.00384 e. The second-order valence-electron chi connectivity index (χ2n) is 2.22. The second-order valence-corrected chi connectivity index (χ2v) is 2.22. The molecule has 0 saturated carbocycles. The Kier molecular flexibility index (Phi) is 3.88. The zero-order valence-corrected chi connectivity index (χ0v) is 6.15. The largest absolute Gasteiger partial charge is 0.301 e. The minimum absolute atomic E-state index is 0.650. The molecule has 1 nitrogen and oxygen atoms in total. The lowest BCUT2D eigenvalue weighted by Gasteiger charge is -2.21. The molecule has 0 rings (SSSR count). The maximum atomic E-state index is 3.80. The van der Waals surface area contributed by atoms with E-state index in [-0.39, 0.29) is 0 Å². The number of rotatable bonds is 3. The highest BCUT2D eigenvalue weighted by molar-refractivity contribution is 4.60. The molecule has 0 spiro atoms. The van der Waals surface area contributed by atoms with Gasteiger partial charge in [0.15, 0.2) is 0 Å². The van der Waals surface area contributed by atoms with Crippen molar-refractivity contribution in [1.82, 2.24) is 4.90 Å². The molecule has 49 valence electrons. The summed E-state index contributed by atoms with van der Waals surface area (Å²) < 4.78 is 0. The minimum Gasteiger partial charge on any atom is -0.301 e. The van der Waals surface area contributed by atoms with Crippen LogP contribution in [0.4, 0.5) is 0 Å². The van der Waals surface area contributed by atoms with Gasteiger partial charge in [-0.2, -0.15) is 0 Å². The molecule has 0 amide bonds. The second kappa shape index (κ2) is 3.90. The fourth-order valence-electron chi connectivity index (χ4n) is 0.781. The van der Waals surface area contributed by atoms with Crippen molar-refractivity contribution in [2.75, 3.05) is 13.1 Å². The van der Waals surface area contributed by atoms with Crippen LogP contribution < -0.4 is 0 Å². The third kappa shape index (κ3) is 2.31. The molecule has 0 N–H and O–H groups in total. The highest BCUT2D eigenvalue weighted by Gasteiger charge is 2.00. The summed E-state index contributed by atoms with van der Waals surface area (Å²) in [5, 5.41) is 0. The van der Waals surface area contributed by atoms with E-state index < -0.39 is 0 Å². The molecular weight excluding hydrogens is 98.1 g/mol. The first-order chi connectivity index (χ1) is 3.72. The van der Waals surface area contributed by atoms with E-state index in [1.165, 1.54) is 0 Å². The van der Waals surface area contributed by atoms with Gasteiger partial charge in [0.2, 0.25) is 0 Å². The van der Waals surface area contributed by atoms with Crippen LogP contribution in [0, 0.1) is 6.92 Å². The summed E-state index contributed by atoms with van der Waals surface area (Å²) in [7, 11) is 0. The lowest BCUT2D eigenvalue weighted by atomic mass is 10.3. The van der Waals surface area contributed by atoms with Gasteiger partial charge < -0.3 is 4.90 Å². The van der Waals surface area contributed by atoms with Crippen LogP contribution >= 0.6 is 0 Å². The van der Waals surface area contributed by atoms with Gasteiger partial charge in [-0.05, 0) is 33.9 Å². The Morgan fingerprint density at radius 3 is 2.00 bits per heavy atom. The summed E-state index contributed by atoms with van der Waals surface area (Å²) in [6.45, 7) is 12.4. The predicted octanol–water partition coefficient (Wildman–Crippen LogP) is 1.55. The van der Waals surface area contributed by atoms with Gasteiger partial charge in [-0.15, -0.1) is 0 Å². The van der Waals surface area contributed by atoms with Crippen molar-refractivity contribution in [3.63, 3.8) is 0 Å². The first-order valence-corrected chi connectivity index (χ1v) is 3.25. The van der Waals surface area contributed by atoms with Crippen LogP contribution in [0.5, 0.6) is 0 Å². The van der Waals surface area contributed by atoms with E-state index in [0.29, 0.717) is 6.04 Å². The minimum atomic E-state index is 0.650. The molecule has 1 heteroatoms. The van der Waals surface area contributed by atoms with Gasteiger partial charge in [0.25, 0.3) is 0 Å². The van der Waals surface area contributed by atoms with Gasteiger partial charge in [0.1, 0.15) is 0 Å². The van der Waals surface area contributed by atoms with Gasteiger partial charge in [0, 0.05) is 6.04 Å². The molecule has 0 aromatic rings. The molecule has 0 heterocycles. The lowest BCUT2D eigenvalue weighted by molar-refractivity contribution is 0.258. The van der Waals surface area contributed by atoms with Crippen LogP contribution in [0.2, 0.25) is 0 Å². The van der Waals surface area contributed by atoms with Gasteiger partial charge in [-0.3, -0.25) is 0 Å². The average molecular weight is 114 g/mol. The fraction of sp³-hybridized carbons (Fsp3) is 0.857. The molecule has 0 aliphatic carbocycles. The van der Waals surface area contributed by atoms with Crippen LogP contribution in [0.1, 0.15) is 20.8 Å². The molecule has 0 aromatic carbocycles. The third-order valence-corrected chi connectivity index (χ3v) is 1.42. The molecule has 1 radical (unpaired) electrons. The molecule has 0 aromatic heterocycles. The number of hydrogen-bond donors (Lipinski definition) is 0. The Labute approximate surface area is 52.7 Å². The Morgan fingerprint density at radius 1 is 1.50 bits per heavy atom. The molecule has 0 aliphatic rings. The van der Waals surface area contributed by atoms with Crippen molar-refractivity contribution < 1.29 is 0 Å². The summed E-state index contributed by atoms with van der Waals surface area (Å²) >= 11 is 0. The average Bonchev–Trinajstić information content (AvgIpc) is 1.69. The Morgan fingerprint density at radius 2 is 2.00 bits per heavy atom. The first kappa shape index (κ1) is 7.96. The molecule has 0 atom stereocenters. The summed E-state index contributed by atoms with van der Waals surface area (Å²) in [6.07, 6.45) is 0. The van der Waals surface area contributed by atoms with Crippen LogP contribution in [-0.2, 0) is 0 Å². The van der Waals surface area contributed by atoms with E-state index >= 15 is 0 Å². The van der Waals surface area contributed by atoms with Crippen molar-refractivity contribution in [2.45, 2.75) is 26.8 Å².